The van der Waals surface area contributed by atoms with E-state index in [4.69, 9.17) is 37.4 Å². The van der Waals surface area contributed by atoms with Crippen molar-refractivity contribution in [2.45, 2.75) is 71.3 Å². The van der Waals surface area contributed by atoms with Crippen molar-refractivity contribution in [3.05, 3.63) is 63.6 Å². The van der Waals surface area contributed by atoms with Crippen LogP contribution in [0.2, 0.25) is 10.0 Å². The SMILES string of the molecule is COC(O)[C@H](CNC(O)CNC(=O)c1cccc(N=C(NC(=O)OC(C)(C)C)NC(=O)OC(C)(C)C)c1)NC(=O)c1c(Cl)cccc1Cl. The van der Waals surface area contributed by atoms with Gasteiger partial charge in [-0.05, 0) is 71.9 Å². The molecule has 0 saturated heterocycles. The van der Waals surface area contributed by atoms with Crippen molar-refractivity contribution >= 4 is 58.8 Å². The molecule has 4 amide bonds. The molecule has 0 aliphatic carbocycles. The predicted octanol–water partition coefficient (Wildman–Crippen LogP) is 3.43. The summed E-state index contributed by atoms with van der Waals surface area (Å²) in [4.78, 5) is 54.7. The van der Waals surface area contributed by atoms with Crippen LogP contribution < -0.4 is 26.6 Å². The number of hydrogen-bond acceptors (Lipinski definition) is 11. The van der Waals surface area contributed by atoms with Crippen molar-refractivity contribution < 1.29 is 43.6 Å². The summed E-state index contributed by atoms with van der Waals surface area (Å²) in [5.41, 5.74) is -1.35. The van der Waals surface area contributed by atoms with Gasteiger partial charge in [0.05, 0.1) is 33.9 Å². The number of aliphatic hydroxyl groups excluding tert-OH is 2. The van der Waals surface area contributed by atoms with Crippen LogP contribution >= 0.6 is 23.2 Å². The van der Waals surface area contributed by atoms with Crippen LogP contribution in [0.3, 0.4) is 0 Å². The number of carbonyl (C=O) groups is 4. The summed E-state index contributed by atoms with van der Waals surface area (Å²) in [6.45, 7) is 9.52. The van der Waals surface area contributed by atoms with E-state index in [0.29, 0.717) is 0 Å². The molecule has 2 aromatic carbocycles. The van der Waals surface area contributed by atoms with Crippen LogP contribution in [0.5, 0.6) is 0 Å². The molecule has 2 rings (SSSR count). The fourth-order valence-electron chi connectivity index (χ4n) is 3.70. The topological polar surface area (TPSA) is 209 Å². The number of benzene rings is 2. The summed E-state index contributed by atoms with van der Waals surface area (Å²) in [5.74, 6) is -1.58. The zero-order valence-corrected chi connectivity index (χ0v) is 29.2. The number of aliphatic hydroxyl groups is 2. The minimum atomic E-state index is -1.47. The summed E-state index contributed by atoms with van der Waals surface area (Å²) < 4.78 is 15.4. The molecule has 15 nitrogen and oxygen atoms in total. The number of halogens is 2. The normalized spacial score (nSPS) is 13.3. The van der Waals surface area contributed by atoms with Crippen molar-refractivity contribution in [2.75, 3.05) is 20.2 Å². The second kappa shape index (κ2) is 18.0. The average Bonchev–Trinajstić information content (AvgIpc) is 2.95. The molecule has 264 valence electrons. The van der Waals surface area contributed by atoms with Gasteiger partial charge in [0.15, 0.2) is 6.29 Å². The van der Waals surface area contributed by atoms with Gasteiger partial charge in [0.2, 0.25) is 5.96 Å². The van der Waals surface area contributed by atoms with Crippen LogP contribution in [0.15, 0.2) is 47.5 Å². The van der Waals surface area contributed by atoms with Gasteiger partial charge < -0.3 is 35.1 Å². The Morgan fingerprint density at radius 2 is 1.38 bits per heavy atom. The van der Waals surface area contributed by atoms with E-state index in [9.17, 15) is 29.4 Å². The Morgan fingerprint density at radius 3 is 1.90 bits per heavy atom. The maximum absolute atomic E-state index is 12.9. The standard InChI is InChI=1S/C31H42Cl2N6O9/c1-30(2,3)47-28(44)38-27(39-29(45)48-31(4,5)6)36-18-11-8-10-17(14-18)24(41)35-16-22(40)34-15-21(26(43)46-7)37-25(42)23-19(32)12-9-13-20(23)33/h8-14,21-22,26,34,40,43H,15-16H2,1-7H3,(H,35,41)(H,37,42)(H2,36,38,39,44,45)/t21-,22?,26?/m0/s1. The fourth-order valence-corrected chi connectivity index (χ4v) is 4.27. The molecule has 0 spiro atoms. The van der Waals surface area contributed by atoms with Crippen molar-refractivity contribution in [2.24, 2.45) is 4.99 Å². The van der Waals surface area contributed by atoms with Gasteiger partial charge in [-0.1, -0.05) is 35.3 Å². The first-order valence-corrected chi connectivity index (χ1v) is 15.4. The van der Waals surface area contributed by atoms with Crippen LogP contribution in [0.4, 0.5) is 15.3 Å². The summed E-state index contributed by atoms with van der Waals surface area (Å²) >= 11 is 12.2. The first-order chi connectivity index (χ1) is 22.3. The highest BCUT2D eigenvalue weighted by Crippen LogP contribution is 2.24. The average molecular weight is 714 g/mol. The Labute approximate surface area is 288 Å². The minimum Gasteiger partial charge on any atom is -0.444 e. The first kappa shape index (κ1) is 40.2. The highest BCUT2D eigenvalue weighted by Gasteiger charge is 2.25. The van der Waals surface area contributed by atoms with Crippen LogP contribution in [-0.4, -0.2) is 90.1 Å². The number of alkyl carbamates (subject to hydrolysis) is 2. The number of nitrogens with zero attached hydrogens (tertiary/aromatic N) is 1. The molecule has 2 unspecified atom stereocenters. The van der Waals surface area contributed by atoms with Crippen LogP contribution in [0, 0.1) is 0 Å². The van der Waals surface area contributed by atoms with E-state index in [0.717, 1.165) is 0 Å². The molecule has 0 aliphatic rings. The number of hydrogen-bond donors (Lipinski definition) is 7. The van der Waals surface area contributed by atoms with E-state index in [1.165, 1.54) is 43.5 Å². The molecule has 0 heterocycles. The highest BCUT2D eigenvalue weighted by molar-refractivity contribution is 6.39. The molecular formula is C31H42Cl2N6O9. The minimum absolute atomic E-state index is 0.00174. The zero-order valence-electron chi connectivity index (χ0n) is 27.6. The van der Waals surface area contributed by atoms with Crippen molar-refractivity contribution in [1.82, 2.24) is 26.6 Å². The van der Waals surface area contributed by atoms with E-state index in [1.54, 1.807) is 47.6 Å². The Kier molecular flexibility index (Phi) is 15.0. The summed E-state index contributed by atoms with van der Waals surface area (Å²) in [6, 6.07) is 9.39. The third-order valence-corrected chi connectivity index (χ3v) is 6.34. The van der Waals surface area contributed by atoms with Crippen LogP contribution in [0.1, 0.15) is 62.3 Å². The zero-order chi connectivity index (χ0) is 36.2. The summed E-state index contributed by atoms with van der Waals surface area (Å²) in [6.07, 6.45) is -4.56. The lowest BCUT2D eigenvalue weighted by Gasteiger charge is -2.25. The van der Waals surface area contributed by atoms with Crippen molar-refractivity contribution in [3.8, 4) is 0 Å². The lowest BCUT2D eigenvalue weighted by Crippen LogP contribution is -2.53. The Morgan fingerprint density at radius 1 is 0.833 bits per heavy atom. The van der Waals surface area contributed by atoms with E-state index >= 15 is 0 Å². The van der Waals surface area contributed by atoms with Crippen molar-refractivity contribution in [3.63, 3.8) is 0 Å². The molecular weight excluding hydrogens is 671 g/mol. The van der Waals surface area contributed by atoms with Gasteiger partial charge in [-0.15, -0.1) is 0 Å². The molecule has 17 heteroatoms. The Hall–Kier alpha value is -3.99. The highest BCUT2D eigenvalue weighted by atomic mass is 35.5. The lowest BCUT2D eigenvalue weighted by molar-refractivity contribution is -0.0958. The van der Waals surface area contributed by atoms with Gasteiger partial charge >= 0.3 is 12.2 Å². The molecule has 3 atom stereocenters. The van der Waals surface area contributed by atoms with Gasteiger partial charge in [-0.2, -0.15) is 0 Å². The number of guanidine groups is 1. The quantitative estimate of drug-likeness (QED) is 0.103. The maximum Gasteiger partial charge on any atom is 0.414 e. The molecule has 0 radical (unpaired) electrons. The molecule has 0 aliphatic heterocycles. The van der Waals surface area contributed by atoms with Gasteiger partial charge in [0, 0.05) is 19.2 Å². The Bertz CT molecular complexity index is 1420. The van der Waals surface area contributed by atoms with Gasteiger partial charge in [0.25, 0.3) is 11.8 Å². The molecule has 0 bridgehead atoms. The maximum atomic E-state index is 12.9. The number of nitrogens with one attached hydrogen (secondary N) is 5. The number of amides is 4. The summed E-state index contributed by atoms with van der Waals surface area (Å²) in [5, 5.41) is 33.4. The number of ether oxygens (including phenoxy) is 3. The molecule has 7 N–H and O–H groups in total. The molecule has 2 aromatic rings. The van der Waals surface area contributed by atoms with Gasteiger partial charge in [-0.25, -0.2) is 14.6 Å². The van der Waals surface area contributed by atoms with Gasteiger partial charge in [0.1, 0.15) is 17.4 Å². The second-order valence-corrected chi connectivity index (χ2v) is 13.0. The lowest BCUT2D eigenvalue weighted by atomic mass is 10.1. The molecule has 0 saturated carbocycles. The third-order valence-electron chi connectivity index (χ3n) is 5.71. The first-order valence-electron chi connectivity index (χ1n) is 14.6. The molecule has 0 fully saturated rings. The number of rotatable bonds is 11. The summed E-state index contributed by atoms with van der Waals surface area (Å²) in [7, 11) is 1.23. The number of aliphatic imine (C=N–C) groups is 1. The fraction of sp³-hybridized carbons (Fsp3) is 0.452. The molecule has 0 aromatic heterocycles. The van der Waals surface area contributed by atoms with E-state index in [1.807, 2.05) is 0 Å². The van der Waals surface area contributed by atoms with E-state index in [-0.39, 0.29) is 45.9 Å². The van der Waals surface area contributed by atoms with Crippen LogP contribution in [-0.2, 0) is 14.2 Å². The van der Waals surface area contributed by atoms with E-state index < -0.39 is 53.8 Å². The smallest absolute Gasteiger partial charge is 0.414 e. The monoisotopic (exact) mass is 712 g/mol. The molecule has 48 heavy (non-hydrogen) atoms. The largest absolute Gasteiger partial charge is 0.444 e. The van der Waals surface area contributed by atoms with Crippen molar-refractivity contribution in [1.29, 1.82) is 0 Å². The second-order valence-electron chi connectivity index (χ2n) is 12.2. The predicted molar refractivity (Wildman–Crippen MR) is 179 cm³/mol. The van der Waals surface area contributed by atoms with Gasteiger partial charge in [-0.3, -0.25) is 25.5 Å². The van der Waals surface area contributed by atoms with E-state index in [2.05, 4.69) is 31.6 Å². The number of methoxy groups -OCH3 is 1. The number of carbonyl (C=O) groups excluding carboxylic acids is 4. The Balaban J connectivity index is 2.08. The van der Waals surface area contributed by atoms with Crippen LogP contribution in [0.25, 0.3) is 0 Å². The third kappa shape index (κ3) is 14.4.